The first kappa shape index (κ1) is 16.5. The quantitative estimate of drug-likeness (QED) is 0.876. The molecule has 122 valence electrons. The van der Waals surface area contributed by atoms with E-state index in [1.165, 1.54) is 0 Å². The molecule has 1 amide bonds. The molecule has 0 aromatic carbocycles. The Morgan fingerprint density at radius 3 is 2.68 bits per heavy atom. The van der Waals surface area contributed by atoms with Crippen molar-refractivity contribution in [2.75, 3.05) is 6.54 Å². The van der Waals surface area contributed by atoms with Crippen LogP contribution in [0.25, 0.3) is 0 Å². The van der Waals surface area contributed by atoms with Crippen molar-refractivity contribution in [1.82, 2.24) is 14.7 Å². The molecule has 1 saturated heterocycles. The molecule has 22 heavy (non-hydrogen) atoms. The number of hydrogen-bond donors (Lipinski definition) is 1. The Labute approximate surface area is 131 Å². The Hall–Kier alpha value is -1.85. The second kappa shape index (κ2) is 6.94. The molecule has 1 unspecified atom stereocenters. The highest BCUT2D eigenvalue weighted by Gasteiger charge is 2.32. The van der Waals surface area contributed by atoms with E-state index in [9.17, 15) is 9.59 Å². The zero-order chi connectivity index (χ0) is 16.3. The lowest BCUT2D eigenvalue weighted by molar-refractivity contribution is -0.137. The van der Waals surface area contributed by atoms with Crippen LogP contribution in [0.2, 0.25) is 0 Å². The van der Waals surface area contributed by atoms with Crippen molar-refractivity contribution >= 4 is 11.9 Å². The fraction of sp³-hybridized carbons (Fsp3) is 0.688. The van der Waals surface area contributed by atoms with E-state index in [2.05, 4.69) is 18.9 Å². The summed E-state index contributed by atoms with van der Waals surface area (Å²) < 4.78 is 1.93. The van der Waals surface area contributed by atoms with E-state index >= 15 is 0 Å². The van der Waals surface area contributed by atoms with Crippen molar-refractivity contribution in [3.63, 3.8) is 0 Å². The number of aromatic nitrogens is 2. The van der Waals surface area contributed by atoms with E-state index < -0.39 is 5.97 Å². The average Bonchev–Trinajstić information content (AvgIpc) is 3.07. The van der Waals surface area contributed by atoms with Gasteiger partial charge in [-0.05, 0) is 38.7 Å². The van der Waals surface area contributed by atoms with Gasteiger partial charge in [-0.15, -0.1) is 0 Å². The SMILES string of the molecule is CCC(CC)n1nc(C(=O)N2CCCC2CC(=O)O)cc1C. The number of carboxylic acids is 1. The first-order chi connectivity index (χ1) is 10.5. The summed E-state index contributed by atoms with van der Waals surface area (Å²) in [5.41, 5.74) is 1.41. The molecule has 1 aliphatic rings. The van der Waals surface area contributed by atoms with Crippen LogP contribution in [0.3, 0.4) is 0 Å². The summed E-state index contributed by atoms with van der Waals surface area (Å²) in [7, 11) is 0. The number of nitrogens with zero attached hydrogens (tertiary/aromatic N) is 3. The molecule has 2 rings (SSSR count). The molecule has 1 aliphatic heterocycles. The molecule has 6 heteroatoms. The normalized spacial score (nSPS) is 18.2. The summed E-state index contributed by atoms with van der Waals surface area (Å²) in [6.45, 7) is 6.80. The Morgan fingerprint density at radius 1 is 1.41 bits per heavy atom. The van der Waals surface area contributed by atoms with Crippen LogP contribution < -0.4 is 0 Å². The van der Waals surface area contributed by atoms with Crippen molar-refractivity contribution in [3.05, 3.63) is 17.5 Å². The molecule has 2 heterocycles. The number of amides is 1. The third kappa shape index (κ3) is 3.31. The predicted molar refractivity (Wildman–Crippen MR) is 82.9 cm³/mol. The van der Waals surface area contributed by atoms with Crippen LogP contribution in [0.4, 0.5) is 0 Å². The van der Waals surface area contributed by atoms with Crippen LogP contribution >= 0.6 is 0 Å². The minimum Gasteiger partial charge on any atom is -0.481 e. The number of carbonyl (C=O) groups is 2. The van der Waals surface area contributed by atoms with Gasteiger partial charge in [0.2, 0.25) is 0 Å². The lowest BCUT2D eigenvalue weighted by atomic mass is 10.1. The van der Waals surface area contributed by atoms with Crippen LogP contribution in [-0.4, -0.2) is 44.3 Å². The Morgan fingerprint density at radius 2 is 2.09 bits per heavy atom. The zero-order valence-corrected chi connectivity index (χ0v) is 13.6. The second-order valence-electron chi connectivity index (χ2n) is 5.98. The highest BCUT2D eigenvalue weighted by atomic mass is 16.4. The third-order valence-corrected chi connectivity index (χ3v) is 4.48. The molecule has 0 spiro atoms. The van der Waals surface area contributed by atoms with E-state index in [4.69, 9.17) is 5.11 Å². The van der Waals surface area contributed by atoms with Crippen molar-refractivity contribution in [3.8, 4) is 0 Å². The van der Waals surface area contributed by atoms with E-state index in [1.807, 2.05) is 17.7 Å². The Kier molecular flexibility index (Phi) is 5.21. The van der Waals surface area contributed by atoms with Gasteiger partial charge in [0.1, 0.15) is 0 Å². The van der Waals surface area contributed by atoms with Gasteiger partial charge in [0.25, 0.3) is 5.91 Å². The molecule has 1 N–H and O–H groups in total. The number of hydrogen-bond acceptors (Lipinski definition) is 3. The monoisotopic (exact) mass is 307 g/mol. The topological polar surface area (TPSA) is 75.4 Å². The molecule has 1 aromatic heterocycles. The molecular formula is C16H25N3O3. The molecule has 1 fully saturated rings. The summed E-state index contributed by atoms with van der Waals surface area (Å²) in [6.07, 6.45) is 3.56. The largest absolute Gasteiger partial charge is 0.481 e. The van der Waals surface area contributed by atoms with Crippen LogP contribution in [0.5, 0.6) is 0 Å². The van der Waals surface area contributed by atoms with Gasteiger partial charge in [0.15, 0.2) is 5.69 Å². The lowest BCUT2D eigenvalue weighted by Gasteiger charge is -2.22. The van der Waals surface area contributed by atoms with Crippen molar-refractivity contribution in [1.29, 1.82) is 0 Å². The highest BCUT2D eigenvalue weighted by molar-refractivity contribution is 5.93. The summed E-state index contributed by atoms with van der Waals surface area (Å²) in [4.78, 5) is 25.3. The molecule has 1 atom stereocenters. The van der Waals surface area contributed by atoms with Crippen LogP contribution in [-0.2, 0) is 4.79 Å². The molecular weight excluding hydrogens is 282 g/mol. The number of carboxylic acid groups (broad SMARTS) is 1. The smallest absolute Gasteiger partial charge is 0.305 e. The third-order valence-electron chi connectivity index (χ3n) is 4.48. The number of aryl methyl sites for hydroxylation is 1. The van der Waals surface area contributed by atoms with E-state index in [-0.39, 0.29) is 18.4 Å². The lowest BCUT2D eigenvalue weighted by Crippen LogP contribution is -2.37. The minimum absolute atomic E-state index is 0.0119. The van der Waals surface area contributed by atoms with Crippen LogP contribution in [0, 0.1) is 6.92 Å². The maximum Gasteiger partial charge on any atom is 0.305 e. The van der Waals surface area contributed by atoms with Crippen molar-refractivity contribution in [2.24, 2.45) is 0 Å². The standard InChI is InChI=1S/C16H25N3O3/c1-4-12(5-2)19-11(3)9-14(17-19)16(22)18-8-6-7-13(18)10-15(20)21/h9,12-13H,4-8,10H2,1-3H3,(H,20,21). The summed E-state index contributed by atoms with van der Waals surface area (Å²) in [5, 5.41) is 13.5. The van der Waals surface area contributed by atoms with E-state index in [0.29, 0.717) is 18.3 Å². The van der Waals surface area contributed by atoms with Gasteiger partial charge in [-0.2, -0.15) is 5.10 Å². The van der Waals surface area contributed by atoms with Gasteiger partial charge in [-0.3, -0.25) is 14.3 Å². The second-order valence-corrected chi connectivity index (χ2v) is 5.98. The summed E-state index contributed by atoms with van der Waals surface area (Å²) in [6, 6.07) is 1.91. The van der Waals surface area contributed by atoms with Gasteiger partial charge in [-0.1, -0.05) is 13.8 Å². The van der Waals surface area contributed by atoms with Crippen molar-refractivity contribution < 1.29 is 14.7 Å². The van der Waals surface area contributed by atoms with E-state index in [0.717, 1.165) is 31.4 Å². The average molecular weight is 307 g/mol. The highest BCUT2D eigenvalue weighted by Crippen LogP contribution is 2.24. The first-order valence-corrected chi connectivity index (χ1v) is 8.06. The maximum absolute atomic E-state index is 12.7. The number of aliphatic carboxylic acids is 1. The van der Waals surface area contributed by atoms with Crippen molar-refractivity contribution in [2.45, 2.75) is 65.0 Å². The van der Waals surface area contributed by atoms with Gasteiger partial charge in [-0.25, -0.2) is 0 Å². The van der Waals surface area contributed by atoms with E-state index in [1.54, 1.807) is 4.90 Å². The molecule has 0 saturated carbocycles. The Balaban J connectivity index is 2.19. The Bertz CT molecular complexity index is 549. The minimum atomic E-state index is -0.858. The van der Waals surface area contributed by atoms with Gasteiger partial charge < -0.3 is 10.0 Å². The molecule has 1 aromatic rings. The predicted octanol–water partition coefficient (Wildman–Crippen LogP) is 2.63. The fourth-order valence-corrected chi connectivity index (χ4v) is 3.26. The number of likely N-dealkylation sites (tertiary alicyclic amines) is 1. The summed E-state index contributed by atoms with van der Waals surface area (Å²) >= 11 is 0. The molecule has 0 bridgehead atoms. The van der Waals surface area contributed by atoms with Gasteiger partial charge in [0, 0.05) is 18.3 Å². The molecule has 0 aliphatic carbocycles. The van der Waals surface area contributed by atoms with Crippen LogP contribution in [0.1, 0.15) is 68.2 Å². The van der Waals surface area contributed by atoms with Gasteiger partial charge >= 0.3 is 5.97 Å². The first-order valence-electron chi connectivity index (χ1n) is 8.06. The molecule has 0 radical (unpaired) electrons. The maximum atomic E-state index is 12.7. The molecule has 6 nitrogen and oxygen atoms in total. The summed E-state index contributed by atoms with van der Waals surface area (Å²) in [5.74, 6) is -1.00. The number of carbonyl (C=O) groups excluding carboxylic acids is 1. The van der Waals surface area contributed by atoms with Crippen LogP contribution in [0.15, 0.2) is 6.07 Å². The fourth-order valence-electron chi connectivity index (χ4n) is 3.26. The van der Waals surface area contributed by atoms with Gasteiger partial charge in [0.05, 0.1) is 12.5 Å². The zero-order valence-electron chi connectivity index (χ0n) is 13.6. The number of rotatable bonds is 6.